The summed E-state index contributed by atoms with van der Waals surface area (Å²) in [5.41, 5.74) is 1.10. The van der Waals surface area contributed by atoms with E-state index >= 15 is 0 Å². The lowest BCUT2D eigenvalue weighted by Gasteiger charge is -2.33. The van der Waals surface area contributed by atoms with Gasteiger partial charge in [-0.1, -0.05) is 18.6 Å². The second-order valence-corrected chi connectivity index (χ2v) is 7.63. The minimum absolute atomic E-state index is 0.0975. The molecule has 3 rings (SSSR count). The minimum atomic E-state index is -3.47. The number of hydrogen-bond donors (Lipinski definition) is 0. The van der Waals surface area contributed by atoms with Crippen molar-refractivity contribution in [2.45, 2.75) is 31.1 Å². The Morgan fingerprint density at radius 2 is 2.13 bits per heavy atom. The standard InChI is InChI=1S/C17H18N2O3S/c18-12-14-5-3-6-15(11-14)13-23(20,21)19-9-2-1-7-16(19)17-8-4-10-22-17/h3-6,8,10-11,16H,1-2,7,9,13H2. The van der Waals surface area contributed by atoms with Crippen LogP contribution < -0.4 is 0 Å². The Morgan fingerprint density at radius 3 is 2.87 bits per heavy atom. The summed E-state index contributed by atoms with van der Waals surface area (Å²) in [5.74, 6) is 0.596. The van der Waals surface area contributed by atoms with Gasteiger partial charge in [0.25, 0.3) is 0 Å². The Balaban J connectivity index is 1.86. The number of nitrogens with zero attached hydrogens (tertiary/aromatic N) is 2. The second-order valence-electron chi connectivity index (χ2n) is 5.71. The molecule has 1 atom stereocenters. The summed E-state index contributed by atoms with van der Waals surface area (Å²) in [6.45, 7) is 0.506. The van der Waals surface area contributed by atoms with Gasteiger partial charge < -0.3 is 4.42 Å². The summed E-state index contributed by atoms with van der Waals surface area (Å²) < 4.78 is 32.7. The lowest BCUT2D eigenvalue weighted by Crippen LogP contribution is -2.39. The Kier molecular flexibility index (Phi) is 4.51. The van der Waals surface area contributed by atoms with Crippen LogP contribution in [0.1, 0.15) is 42.2 Å². The van der Waals surface area contributed by atoms with E-state index in [4.69, 9.17) is 9.68 Å². The Bertz CT molecular complexity index is 807. The van der Waals surface area contributed by atoms with E-state index in [-0.39, 0.29) is 11.8 Å². The zero-order valence-electron chi connectivity index (χ0n) is 12.7. The van der Waals surface area contributed by atoms with Gasteiger partial charge in [-0.2, -0.15) is 9.57 Å². The van der Waals surface area contributed by atoms with E-state index in [1.807, 2.05) is 12.1 Å². The molecule has 23 heavy (non-hydrogen) atoms. The molecule has 1 fully saturated rings. The van der Waals surface area contributed by atoms with Crippen molar-refractivity contribution >= 4 is 10.0 Å². The molecular formula is C17H18N2O3S. The Labute approximate surface area is 136 Å². The fraction of sp³-hybridized carbons (Fsp3) is 0.353. The molecule has 2 heterocycles. The van der Waals surface area contributed by atoms with Gasteiger partial charge in [0.05, 0.1) is 29.7 Å². The van der Waals surface area contributed by atoms with Crippen molar-refractivity contribution in [2.24, 2.45) is 0 Å². The molecule has 1 aromatic carbocycles. The second kappa shape index (κ2) is 6.57. The molecule has 5 nitrogen and oxygen atoms in total. The van der Waals surface area contributed by atoms with Crippen LogP contribution in [0.2, 0.25) is 0 Å². The van der Waals surface area contributed by atoms with Crippen molar-refractivity contribution in [3.05, 3.63) is 59.5 Å². The van der Waals surface area contributed by atoms with Crippen LogP contribution in [-0.2, 0) is 15.8 Å². The maximum atomic E-state index is 12.9. The van der Waals surface area contributed by atoms with Gasteiger partial charge in [0.1, 0.15) is 5.76 Å². The quantitative estimate of drug-likeness (QED) is 0.863. The first-order valence-corrected chi connectivity index (χ1v) is 9.23. The summed E-state index contributed by atoms with van der Waals surface area (Å²) in [6.07, 6.45) is 4.19. The van der Waals surface area contributed by atoms with Crippen molar-refractivity contribution in [1.29, 1.82) is 5.26 Å². The van der Waals surface area contributed by atoms with Gasteiger partial charge in [-0.3, -0.25) is 0 Å². The van der Waals surface area contributed by atoms with Crippen molar-refractivity contribution in [2.75, 3.05) is 6.54 Å². The van der Waals surface area contributed by atoms with Crippen LogP contribution in [0.4, 0.5) is 0 Å². The van der Waals surface area contributed by atoms with Gasteiger partial charge in [0, 0.05) is 6.54 Å². The van der Waals surface area contributed by atoms with Crippen molar-refractivity contribution < 1.29 is 12.8 Å². The van der Waals surface area contributed by atoms with Crippen molar-refractivity contribution in [1.82, 2.24) is 4.31 Å². The molecule has 0 bridgehead atoms. The van der Waals surface area contributed by atoms with Crippen LogP contribution in [0.3, 0.4) is 0 Å². The number of benzene rings is 1. The summed E-state index contributed by atoms with van der Waals surface area (Å²) in [4.78, 5) is 0. The van der Waals surface area contributed by atoms with Gasteiger partial charge in [-0.05, 0) is 42.7 Å². The zero-order valence-corrected chi connectivity index (χ0v) is 13.5. The monoisotopic (exact) mass is 330 g/mol. The largest absolute Gasteiger partial charge is 0.468 e. The van der Waals surface area contributed by atoms with E-state index in [9.17, 15) is 8.42 Å². The highest BCUT2D eigenvalue weighted by molar-refractivity contribution is 7.88. The van der Waals surface area contributed by atoms with Crippen LogP contribution in [0, 0.1) is 11.3 Å². The average Bonchev–Trinajstić information content (AvgIpc) is 3.09. The van der Waals surface area contributed by atoms with Crippen LogP contribution in [0.25, 0.3) is 0 Å². The predicted octanol–water partition coefficient (Wildman–Crippen LogP) is 3.21. The number of furan rings is 1. The van der Waals surface area contributed by atoms with Gasteiger partial charge in [-0.25, -0.2) is 8.42 Å². The predicted molar refractivity (Wildman–Crippen MR) is 85.8 cm³/mol. The molecule has 0 spiro atoms. The summed E-state index contributed by atoms with van der Waals surface area (Å²) >= 11 is 0. The zero-order chi connectivity index (χ0) is 16.3. The summed E-state index contributed by atoms with van der Waals surface area (Å²) in [7, 11) is -3.47. The molecular weight excluding hydrogens is 312 g/mol. The topological polar surface area (TPSA) is 74.3 Å². The van der Waals surface area contributed by atoms with Crippen molar-refractivity contribution in [3.8, 4) is 6.07 Å². The van der Waals surface area contributed by atoms with Crippen molar-refractivity contribution in [3.63, 3.8) is 0 Å². The SMILES string of the molecule is N#Cc1cccc(CS(=O)(=O)N2CCCCC2c2ccco2)c1. The number of sulfonamides is 1. The van der Waals surface area contributed by atoms with E-state index in [0.29, 0.717) is 23.4 Å². The lowest BCUT2D eigenvalue weighted by atomic mass is 10.0. The number of hydrogen-bond acceptors (Lipinski definition) is 4. The molecule has 120 valence electrons. The minimum Gasteiger partial charge on any atom is -0.468 e. The Morgan fingerprint density at radius 1 is 1.26 bits per heavy atom. The molecule has 0 aliphatic carbocycles. The third-order valence-corrected chi connectivity index (χ3v) is 5.94. The van der Waals surface area contributed by atoms with E-state index in [0.717, 1.165) is 19.3 Å². The number of piperidine rings is 1. The average molecular weight is 330 g/mol. The van der Waals surface area contributed by atoms with E-state index in [1.54, 1.807) is 40.9 Å². The maximum absolute atomic E-state index is 12.9. The molecule has 0 N–H and O–H groups in total. The summed E-state index contributed by atoms with van der Waals surface area (Å²) in [6, 6.07) is 12.2. The van der Waals surface area contributed by atoms with Gasteiger partial charge >= 0.3 is 0 Å². The molecule has 2 aromatic rings. The van der Waals surface area contributed by atoms with Gasteiger partial charge in [0.2, 0.25) is 10.0 Å². The lowest BCUT2D eigenvalue weighted by molar-refractivity contribution is 0.225. The van der Waals surface area contributed by atoms with E-state index < -0.39 is 10.0 Å². The first kappa shape index (κ1) is 15.8. The van der Waals surface area contributed by atoms with Crippen LogP contribution >= 0.6 is 0 Å². The van der Waals surface area contributed by atoms with E-state index in [2.05, 4.69) is 0 Å². The fourth-order valence-electron chi connectivity index (χ4n) is 3.03. The highest BCUT2D eigenvalue weighted by Gasteiger charge is 2.34. The smallest absolute Gasteiger partial charge is 0.218 e. The first-order chi connectivity index (χ1) is 11.1. The first-order valence-electron chi connectivity index (χ1n) is 7.62. The molecule has 1 saturated heterocycles. The third kappa shape index (κ3) is 3.46. The Hall–Kier alpha value is -2.10. The van der Waals surface area contributed by atoms with Crippen LogP contribution in [-0.4, -0.2) is 19.3 Å². The molecule has 0 radical (unpaired) electrons. The summed E-state index contributed by atoms with van der Waals surface area (Å²) in [5, 5.41) is 8.95. The third-order valence-electron chi connectivity index (χ3n) is 4.09. The molecule has 0 amide bonds. The molecule has 1 aliphatic rings. The fourth-order valence-corrected chi connectivity index (χ4v) is 4.80. The highest BCUT2D eigenvalue weighted by atomic mass is 32.2. The number of rotatable bonds is 4. The van der Waals surface area contributed by atoms with Crippen LogP contribution in [0.5, 0.6) is 0 Å². The van der Waals surface area contributed by atoms with Crippen LogP contribution in [0.15, 0.2) is 47.1 Å². The highest BCUT2D eigenvalue weighted by Crippen LogP contribution is 2.34. The normalized spacial score (nSPS) is 19.3. The van der Waals surface area contributed by atoms with Gasteiger partial charge in [-0.15, -0.1) is 0 Å². The molecule has 0 saturated carbocycles. The number of nitriles is 1. The molecule has 1 unspecified atom stereocenters. The van der Waals surface area contributed by atoms with Gasteiger partial charge in [0.15, 0.2) is 0 Å². The molecule has 1 aromatic heterocycles. The molecule has 1 aliphatic heterocycles. The maximum Gasteiger partial charge on any atom is 0.218 e. The van der Waals surface area contributed by atoms with E-state index in [1.165, 1.54) is 0 Å². The molecule has 6 heteroatoms.